The van der Waals surface area contributed by atoms with E-state index in [0.29, 0.717) is 22.5 Å². The average molecular weight is 338 g/mol. The lowest BCUT2D eigenvalue weighted by atomic mass is 10.0. The first-order valence-corrected chi connectivity index (χ1v) is 6.10. The van der Waals surface area contributed by atoms with Gasteiger partial charge in [-0.25, -0.2) is 0 Å². The Bertz CT molecular complexity index is 544. The summed E-state index contributed by atoms with van der Waals surface area (Å²) < 4.78 is 1.09. The van der Waals surface area contributed by atoms with E-state index in [9.17, 15) is 4.79 Å². The second kappa shape index (κ2) is 4.75. The van der Waals surface area contributed by atoms with Crippen molar-refractivity contribution < 1.29 is 4.79 Å². The van der Waals surface area contributed by atoms with Crippen molar-refractivity contribution in [2.45, 2.75) is 0 Å². The van der Waals surface area contributed by atoms with Crippen LogP contribution < -0.4 is 11.5 Å². The summed E-state index contributed by atoms with van der Waals surface area (Å²) in [6, 6.07) is 12.3. The molecule has 0 spiro atoms. The van der Waals surface area contributed by atoms with Gasteiger partial charge in [0.25, 0.3) is 0 Å². The van der Waals surface area contributed by atoms with Crippen LogP contribution >= 0.6 is 22.6 Å². The molecule has 4 heteroatoms. The second-order valence-corrected chi connectivity index (χ2v) is 4.97. The van der Waals surface area contributed by atoms with E-state index >= 15 is 0 Å². The van der Waals surface area contributed by atoms with Crippen molar-refractivity contribution in [1.82, 2.24) is 0 Å². The molecule has 0 atom stereocenters. The van der Waals surface area contributed by atoms with E-state index in [4.69, 9.17) is 11.5 Å². The smallest absolute Gasteiger partial charge is 0.193 e. The molecule has 0 saturated heterocycles. The van der Waals surface area contributed by atoms with Gasteiger partial charge in [0.1, 0.15) is 0 Å². The van der Waals surface area contributed by atoms with Gasteiger partial charge in [0.2, 0.25) is 0 Å². The minimum atomic E-state index is -0.0691. The second-order valence-electron chi connectivity index (χ2n) is 3.72. The highest BCUT2D eigenvalue weighted by Crippen LogP contribution is 2.18. The molecule has 0 fully saturated rings. The first-order chi connectivity index (χ1) is 8.06. The van der Waals surface area contributed by atoms with E-state index in [1.54, 1.807) is 30.3 Å². The maximum atomic E-state index is 12.1. The molecule has 0 radical (unpaired) electrons. The molecular formula is C13H11IN2O. The topological polar surface area (TPSA) is 69.1 Å². The number of hydrogen-bond donors (Lipinski definition) is 2. The van der Waals surface area contributed by atoms with Crippen LogP contribution in [-0.4, -0.2) is 5.78 Å². The third-order valence-corrected chi connectivity index (χ3v) is 3.07. The van der Waals surface area contributed by atoms with E-state index in [0.717, 1.165) is 3.57 Å². The van der Waals surface area contributed by atoms with Crippen molar-refractivity contribution in [3.63, 3.8) is 0 Å². The Balaban J connectivity index is 2.40. The third kappa shape index (κ3) is 2.76. The minimum Gasteiger partial charge on any atom is -0.399 e. The molecule has 2 rings (SSSR count). The lowest BCUT2D eigenvalue weighted by Gasteiger charge is -2.04. The van der Waals surface area contributed by atoms with E-state index < -0.39 is 0 Å². The number of rotatable bonds is 2. The van der Waals surface area contributed by atoms with Crippen molar-refractivity contribution in [3.8, 4) is 0 Å². The van der Waals surface area contributed by atoms with Crippen molar-refractivity contribution in [1.29, 1.82) is 0 Å². The Morgan fingerprint density at radius 3 is 1.94 bits per heavy atom. The van der Waals surface area contributed by atoms with E-state index in [2.05, 4.69) is 22.6 Å². The summed E-state index contributed by atoms with van der Waals surface area (Å²) in [4.78, 5) is 12.1. The van der Waals surface area contributed by atoms with Crippen LogP contribution in [0.1, 0.15) is 15.9 Å². The molecule has 4 N–H and O–H groups in total. The Morgan fingerprint density at radius 1 is 0.882 bits per heavy atom. The monoisotopic (exact) mass is 338 g/mol. The lowest BCUT2D eigenvalue weighted by molar-refractivity contribution is 0.103. The van der Waals surface area contributed by atoms with Gasteiger partial charge in [-0.3, -0.25) is 4.79 Å². The molecule has 0 saturated carbocycles. The highest BCUT2D eigenvalue weighted by atomic mass is 127. The molecule has 0 unspecified atom stereocenters. The number of nitrogens with two attached hydrogens (primary N) is 2. The maximum absolute atomic E-state index is 12.1. The number of ketones is 1. The number of carbonyl (C=O) groups is 1. The fraction of sp³-hybridized carbons (Fsp3) is 0. The highest BCUT2D eigenvalue weighted by molar-refractivity contribution is 14.1. The molecule has 17 heavy (non-hydrogen) atoms. The van der Waals surface area contributed by atoms with Crippen LogP contribution in [0.2, 0.25) is 0 Å². The summed E-state index contributed by atoms with van der Waals surface area (Å²) in [5.41, 5.74) is 13.5. The van der Waals surface area contributed by atoms with Gasteiger partial charge in [0.15, 0.2) is 5.78 Å². The maximum Gasteiger partial charge on any atom is 0.193 e. The van der Waals surface area contributed by atoms with Crippen molar-refractivity contribution in [2.24, 2.45) is 0 Å². The highest BCUT2D eigenvalue weighted by Gasteiger charge is 2.09. The molecule has 0 aliphatic carbocycles. The number of anilines is 2. The zero-order valence-corrected chi connectivity index (χ0v) is 11.1. The van der Waals surface area contributed by atoms with Crippen LogP contribution in [0.4, 0.5) is 11.4 Å². The van der Waals surface area contributed by atoms with Crippen molar-refractivity contribution in [2.75, 3.05) is 11.5 Å². The molecule has 3 nitrogen and oxygen atoms in total. The van der Waals surface area contributed by atoms with E-state index in [-0.39, 0.29) is 5.78 Å². The predicted molar refractivity (Wildman–Crippen MR) is 77.9 cm³/mol. The Hall–Kier alpha value is -1.56. The number of halogens is 1. The molecule has 86 valence electrons. The van der Waals surface area contributed by atoms with Crippen LogP contribution in [0, 0.1) is 3.57 Å². The van der Waals surface area contributed by atoms with Crippen molar-refractivity contribution in [3.05, 3.63) is 57.2 Å². The van der Waals surface area contributed by atoms with Crippen LogP contribution in [-0.2, 0) is 0 Å². The zero-order chi connectivity index (χ0) is 12.4. The molecule has 0 aliphatic rings. The SMILES string of the molecule is Nc1cc(N)cc(C(=O)c2ccc(I)cc2)c1. The summed E-state index contributed by atoms with van der Waals surface area (Å²) in [5, 5.41) is 0. The molecule has 0 heterocycles. The normalized spacial score (nSPS) is 10.2. The van der Waals surface area contributed by atoms with E-state index in [1.165, 1.54) is 0 Å². The van der Waals surface area contributed by atoms with Gasteiger partial charge in [0.05, 0.1) is 0 Å². The molecule has 2 aromatic rings. The number of hydrogen-bond acceptors (Lipinski definition) is 3. The van der Waals surface area contributed by atoms with Crippen LogP contribution in [0.15, 0.2) is 42.5 Å². The number of benzene rings is 2. The summed E-state index contributed by atoms with van der Waals surface area (Å²) >= 11 is 2.19. The molecule has 0 aromatic heterocycles. The number of nitrogen functional groups attached to an aromatic ring is 2. The van der Waals surface area contributed by atoms with Gasteiger partial charge in [0, 0.05) is 26.1 Å². The van der Waals surface area contributed by atoms with Gasteiger partial charge in [-0.15, -0.1) is 0 Å². The summed E-state index contributed by atoms with van der Waals surface area (Å²) in [6.07, 6.45) is 0. The quantitative estimate of drug-likeness (QED) is 0.503. The minimum absolute atomic E-state index is 0.0691. The average Bonchev–Trinajstić information content (AvgIpc) is 2.28. The molecule has 0 amide bonds. The Morgan fingerprint density at radius 2 is 1.41 bits per heavy atom. The third-order valence-electron chi connectivity index (χ3n) is 2.35. The van der Waals surface area contributed by atoms with Gasteiger partial charge >= 0.3 is 0 Å². The summed E-state index contributed by atoms with van der Waals surface area (Å²) in [7, 11) is 0. The molecule has 2 aromatic carbocycles. The van der Waals surface area contributed by atoms with Gasteiger partial charge in [-0.05, 0) is 65.1 Å². The molecular weight excluding hydrogens is 327 g/mol. The lowest BCUT2D eigenvalue weighted by Crippen LogP contribution is -2.03. The number of carbonyl (C=O) groups excluding carboxylic acids is 1. The Labute approximate surface area is 113 Å². The van der Waals surface area contributed by atoms with Crippen LogP contribution in [0.5, 0.6) is 0 Å². The fourth-order valence-corrected chi connectivity index (χ4v) is 1.94. The summed E-state index contributed by atoms with van der Waals surface area (Å²) in [6.45, 7) is 0. The van der Waals surface area contributed by atoms with Gasteiger partial charge in [-0.1, -0.05) is 0 Å². The van der Waals surface area contributed by atoms with Gasteiger partial charge in [-0.2, -0.15) is 0 Å². The zero-order valence-electron chi connectivity index (χ0n) is 8.98. The van der Waals surface area contributed by atoms with Gasteiger partial charge < -0.3 is 11.5 Å². The van der Waals surface area contributed by atoms with Crippen molar-refractivity contribution >= 4 is 39.7 Å². The fourth-order valence-electron chi connectivity index (χ4n) is 1.58. The standard InChI is InChI=1S/C13H11IN2O/c14-10-3-1-8(2-4-10)13(17)9-5-11(15)7-12(16)6-9/h1-7H,15-16H2. The summed E-state index contributed by atoms with van der Waals surface area (Å²) in [5.74, 6) is -0.0691. The predicted octanol–water partition coefficient (Wildman–Crippen LogP) is 2.69. The van der Waals surface area contributed by atoms with E-state index in [1.807, 2.05) is 12.1 Å². The first-order valence-electron chi connectivity index (χ1n) is 5.02. The molecule has 0 bridgehead atoms. The molecule has 0 aliphatic heterocycles. The largest absolute Gasteiger partial charge is 0.399 e. The van der Waals surface area contributed by atoms with Crippen LogP contribution in [0.3, 0.4) is 0 Å². The Kier molecular flexibility index (Phi) is 3.33. The first kappa shape index (κ1) is 11.9. The van der Waals surface area contributed by atoms with Crippen LogP contribution in [0.25, 0.3) is 0 Å².